The Bertz CT molecular complexity index is 488. The van der Waals surface area contributed by atoms with E-state index in [4.69, 9.17) is 0 Å². The number of hydrogen-bond donors (Lipinski definition) is 0. The van der Waals surface area contributed by atoms with Crippen LogP contribution < -0.4 is 4.46 Å². The summed E-state index contributed by atoms with van der Waals surface area (Å²) in [5, 5.41) is 0. The standard InChI is InChI=1S/C18H22Se/c1-15(16-10-6-4-7-11-16)14-18(2,3)19-17-12-8-5-9-13-17/h4-13,15H,14H2,1-3H3. The quantitative estimate of drug-likeness (QED) is 0.717. The molecular formula is C18H22Se. The van der Waals surface area contributed by atoms with Gasteiger partial charge in [-0.2, -0.15) is 0 Å². The molecule has 0 aliphatic heterocycles. The van der Waals surface area contributed by atoms with Crippen molar-refractivity contribution in [3.63, 3.8) is 0 Å². The second-order valence-corrected chi connectivity index (χ2v) is 9.43. The first-order valence-electron chi connectivity index (χ1n) is 6.86. The summed E-state index contributed by atoms with van der Waals surface area (Å²) in [6.07, 6.45) is 1.24. The Kier molecular flexibility index (Phi) is 4.85. The molecule has 0 spiro atoms. The Hall–Kier alpha value is -1.04. The van der Waals surface area contributed by atoms with Crippen molar-refractivity contribution >= 4 is 19.4 Å². The van der Waals surface area contributed by atoms with E-state index in [1.807, 2.05) is 0 Å². The van der Waals surface area contributed by atoms with Gasteiger partial charge in [0, 0.05) is 0 Å². The van der Waals surface area contributed by atoms with Crippen LogP contribution in [0.3, 0.4) is 0 Å². The van der Waals surface area contributed by atoms with Crippen molar-refractivity contribution < 1.29 is 0 Å². The molecule has 0 radical (unpaired) electrons. The zero-order valence-electron chi connectivity index (χ0n) is 12.0. The zero-order chi connectivity index (χ0) is 13.7. The first-order chi connectivity index (χ1) is 9.07. The van der Waals surface area contributed by atoms with Crippen LogP contribution in [-0.4, -0.2) is 15.0 Å². The molecule has 0 N–H and O–H groups in total. The van der Waals surface area contributed by atoms with E-state index < -0.39 is 0 Å². The van der Waals surface area contributed by atoms with Crippen molar-refractivity contribution in [2.24, 2.45) is 0 Å². The van der Waals surface area contributed by atoms with Crippen LogP contribution in [0, 0.1) is 0 Å². The van der Waals surface area contributed by atoms with Crippen LogP contribution in [0.25, 0.3) is 0 Å². The van der Waals surface area contributed by atoms with E-state index in [9.17, 15) is 0 Å². The molecule has 100 valence electrons. The second kappa shape index (κ2) is 6.41. The van der Waals surface area contributed by atoms with E-state index >= 15 is 0 Å². The van der Waals surface area contributed by atoms with Gasteiger partial charge in [0.25, 0.3) is 0 Å². The van der Waals surface area contributed by atoms with Crippen molar-refractivity contribution in [1.82, 2.24) is 0 Å². The van der Waals surface area contributed by atoms with Gasteiger partial charge in [0.1, 0.15) is 0 Å². The Morgan fingerprint density at radius 2 is 1.42 bits per heavy atom. The monoisotopic (exact) mass is 318 g/mol. The SMILES string of the molecule is CC(CC(C)(C)[Se]c1ccccc1)c1ccccc1. The van der Waals surface area contributed by atoms with Crippen LogP contribution >= 0.6 is 0 Å². The third-order valence-corrected chi connectivity index (χ3v) is 5.88. The van der Waals surface area contributed by atoms with Crippen molar-refractivity contribution in [2.75, 3.05) is 0 Å². The molecule has 0 saturated heterocycles. The molecule has 2 aromatic rings. The molecule has 0 nitrogen and oxygen atoms in total. The summed E-state index contributed by atoms with van der Waals surface area (Å²) in [5.74, 6) is 0.627. The van der Waals surface area contributed by atoms with E-state index in [1.54, 1.807) is 0 Å². The second-order valence-electron chi connectivity index (χ2n) is 5.69. The van der Waals surface area contributed by atoms with E-state index in [0.29, 0.717) is 25.2 Å². The molecule has 2 rings (SSSR count). The van der Waals surface area contributed by atoms with Gasteiger partial charge < -0.3 is 0 Å². The summed E-state index contributed by atoms with van der Waals surface area (Å²) < 4.78 is 1.89. The minimum absolute atomic E-state index is 0.392. The van der Waals surface area contributed by atoms with Gasteiger partial charge >= 0.3 is 123 Å². The van der Waals surface area contributed by atoms with E-state index in [2.05, 4.69) is 81.4 Å². The Morgan fingerprint density at radius 1 is 0.895 bits per heavy atom. The predicted octanol–water partition coefficient (Wildman–Crippen LogP) is 4.41. The van der Waals surface area contributed by atoms with E-state index in [1.165, 1.54) is 16.4 Å². The molecule has 0 aromatic heterocycles. The number of hydrogen-bond acceptors (Lipinski definition) is 0. The van der Waals surface area contributed by atoms with Gasteiger partial charge in [-0.1, -0.05) is 0 Å². The molecule has 0 aliphatic carbocycles. The van der Waals surface area contributed by atoms with Crippen LogP contribution in [0.2, 0.25) is 4.31 Å². The number of benzene rings is 2. The van der Waals surface area contributed by atoms with Gasteiger partial charge in [-0.3, -0.25) is 0 Å². The fraction of sp³-hybridized carbons (Fsp3) is 0.333. The molecule has 0 bridgehead atoms. The predicted molar refractivity (Wildman–Crippen MR) is 85.3 cm³/mol. The maximum atomic E-state index is 2.40. The maximum absolute atomic E-state index is 2.40. The molecule has 0 amide bonds. The van der Waals surface area contributed by atoms with Gasteiger partial charge in [-0.15, -0.1) is 0 Å². The summed E-state index contributed by atoms with van der Waals surface area (Å²) >= 11 is 0.525. The summed E-state index contributed by atoms with van der Waals surface area (Å²) in [6.45, 7) is 7.15. The molecule has 0 fully saturated rings. The fourth-order valence-electron chi connectivity index (χ4n) is 2.49. The first kappa shape index (κ1) is 14.4. The van der Waals surface area contributed by atoms with Crippen LogP contribution in [-0.2, 0) is 0 Å². The van der Waals surface area contributed by atoms with Crippen molar-refractivity contribution in [3.05, 3.63) is 66.2 Å². The third-order valence-electron chi connectivity index (χ3n) is 3.30. The molecule has 1 unspecified atom stereocenters. The molecule has 0 saturated carbocycles. The van der Waals surface area contributed by atoms with Crippen LogP contribution in [0.5, 0.6) is 0 Å². The Morgan fingerprint density at radius 3 is 2.00 bits per heavy atom. The van der Waals surface area contributed by atoms with Crippen molar-refractivity contribution in [2.45, 2.75) is 37.4 Å². The minimum atomic E-state index is 0.392. The Balaban J connectivity index is 2.01. The molecule has 1 heteroatoms. The zero-order valence-corrected chi connectivity index (χ0v) is 13.7. The van der Waals surface area contributed by atoms with Crippen molar-refractivity contribution in [1.29, 1.82) is 0 Å². The topological polar surface area (TPSA) is 0 Å². The molecule has 2 aromatic carbocycles. The first-order valence-corrected chi connectivity index (χ1v) is 8.57. The van der Waals surface area contributed by atoms with Crippen LogP contribution in [0.15, 0.2) is 60.7 Å². The van der Waals surface area contributed by atoms with Gasteiger partial charge in [0.15, 0.2) is 0 Å². The average Bonchev–Trinajstić information content (AvgIpc) is 2.39. The van der Waals surface area contributed by atoms with Gasteiger partial charge in [-0.25, -0.2) is 0 Å². The summed E-state index contributed by atoms with van der Waals surface area (Å²) in [5.41, 5.74) is 1.46. The van der Waals surface area contributed by atoms with E-state index in [-0.39, 0.29) is 0 Å². The van der Waals surface area contributed by atoms with Gasteiger partial charge in [0.2, 0.25) is 0 Å². The summed E-state index contributed by atoms with van der Waals surface area (Å²) in [6, 6.07) is 21.8. The molecule has 19 heavy (non-hydrogen) atoms. The van der Waals surface area contributed by atoms with Gasteiger partial charge in [-0.05, 0) is 0 Å². The molecular weight excluding hydrogens is 295 g/mol. The average molecular weight is 317 g/mol. The summed E-state index contributed by atoms with van der Waals surface area (Å²) in [7, 11) is 0. The fourth-order valence-corrected chi connectivity index (χ4v) is 5.14. The molecule has 1 atom stereocenters. The third kappa shape index (κ3) is 4.53. The normalized spacial score (nSPS) is 13.2. The molecule has 0 aliphatic rings. The summed E-state index contributed by atoms with van der Waals surface area (Å²) in [4.78, 5) is 0. The molecule has 0 heterocycles. The van der Waals surface area contributed by atoms with E-state index in [0.717, 1.165) is 0 Å². The van der Waals surface area contributed by atoms with Gasteiger partial charge in [0.05, 0.1) is 0 Å². The van der Waals surface area contributed by atoms with Crippen molar-refractivity contribution in [3.8, 4) is 0 Å². The Labute approximate surface area is 123 Å². The van der Waals surface area contributed by atoms with Crippen LogP contribution in [0.1, 0.15) is 38.7 Å². The van der Waals surface area contributed by atoms with Crippen LogP contribution in [0.4, 0.5) is 0 Å². The number of rotatable bonds is 5.